The Labute approximate surface area is 277 Å². The summed E-state index contributed by atoms with van der Waals surface area (Å²) >= 11 is 8.17. The molecule has 4 heterocycles. The van der Waals surface area contributed by atoms with Crippen molar-refractivity contribution in [2.24, 2.45) is 4.99 Å². The minimum Gasteiger partial charge on any atom is -0.468 e. The van der Waals surface area contributed by atoms with Gasteiger partial charge in [-0.2, -0.15) is 13.4 Å². The van der Waals surface area contributed by atoms with Crippen molar-refractivity contribution in [1.82, 2.24) is 28.9 Å². The second-order valence-corrected chi connectivity index (χ2v) is 13.6. The van der Waals surface area contributed by atoms with E-state index in [9.17, 15) is 31.2 Å². The number of carbonyl (C=O) groups is 1. The molecular weight excluding hydrogens is 705 g/mol. The van der Waals surface area contributed by atoms with Gasteiger partial charge in [-0.1, -0.05) is 17.7 Å². The topological polar surface area (TPSA) is 155 Å². The normalized spacial score (nSPS) is 13.2. The van der Waals surface area contributed by atoms with Crippen LogP contribution in [0.25, 0.3) is 5.78 Å². The third kappa shape index (κ3) is 7.86. The van der Waals surface area contributed by atoms with Crippen molar-refractivity contribution in [3.63, 3.8) is 0 Å². The fraction of sp³-hybridized carbons (Fsp3) is 0.259. The van der Waals surface area contributed by atoms with Gasteiger partial charge in [-0.05, 0) is 61.4 Å². The maximum Gasteiger partial charge on any atom is 0.325 e. The molecular formula is C27H24ClF3N8O5S3. The van der Waals surface area contributed by atoms with Crippen LogP contribution >= 0.6 is 34.7 Å². The molecule has 20 heteroatoms. The zero-order chi connectivity index (χ0) is 33.9. The number of para-hydroxylation sites is 1. The molecule has 6 rings (SSSR count). The third-order valence-electron chi connectivity index (χ3n) is 6.45. The van der Waals surface area contributed by atoms with E-state index in [4.69, 9.17) is 11.6 Å². The number of thioether (sulfide) groups is 1. The molecule has 1 aliphatic heterocycles. The molecule has 0 fully saturated rings. The lowest BCUT2D eigenvalue weighted by Gasteiger charge is -2.15. The third-order valence-corrected chi connectivity index (χ3v) is 9.90. The molecule has 5 aromatic rings. The Kier molecular flexibility index (Phi) is 10.4. The number of hydrogen-bond donors (Lipinski definition) is 1. The number of aryl methyl sites for hydroxylation is 1. The van der Waals surface area contributed by atoms with Gasteiger partial charge in [0.25, 0.3) is 21.0 Å². The van der Waals surface area contributed by atoms with Crippen molar-refractivity contribution >= 4 is 67.8 Å². The van der Waals surface area contributed by atoms with Gasteiger partial charge in [0.15, 0.2) is 0 Å². The number of methoxy groups -OCH3 is 1. The predicted molar refractivity (Wildman–Crippen MR) is 168 cm³/mol. The SMILES string of the molecule is COC(=O)CSc1cc(N=c2sc(=O)n3n2CCCC3)c(F)cc1Cl.Cc1ccn2nc(S(=O)(=O)Nc3c(F)cccc3F)nc2n1. The van der Waals surface area contributed by atoms with Gasteiger partial charge in [-0.15, -0.1) is 16.9 Å². The van der Waals surface area contributed by atoms with E-state index in [0.717, 1.165) is 64.7 Å². The quantitative estimate of drug-likeness (QED) is 0.191. The molecule has 0 bridgehead atoms. The minimum absolute atomic E-state index is 0.0605. The fourth-order valence-corrected chi connectivity index (χ4v) is 7.11. The first-order chi connectivity index (χ1) is 22.4. The number of hydrogen-bond acceptors (Lipinski definition) is 11. The summed E-state index contributed by atoms with van der Waals surface area (Å²) in [4.78, 5) is 36.2. The number of benzene rings is 2. The highest BCUT2D eigenvalue weighted by atomic mass is 35.5. The van der Waals surface area contributed by atoms with Crippen LogP contribution in [0.5, 0.6) is 0 Å². The van der Waals surface area contributed by atoms with Crippen LogP contribution in [0, 0.1) is 24.4 Å². The van der Waals surface area contributed by atoms with Crippen LogP contribution in [-0.4, -0.2) is 56.2 Å². The number of halogens is 4. The number of anilines is 1. The number of aromatic nitrogens is 6. The van der Waals surface area contributed by atoms with Crippen LogP contribution in [0.2, 0.25) is 5.02 Å². The van der Waals surface area contributed by atoms with E-state index in [1.165, 1.54) is 19.4 Å². The first kappa shape index (κ1) is 34.1. The summed E-state index contributed by atoms with van der Waals surface area (Å²) in [6.45, 7) is 3.03. The van der Waals surface area contributed by atoms with Crippen molar-refractivity contribution in [3.8, 4) is 0 Å². The van der Waals surface area contributed by atoms with Crippen LogP contribution in [0.3, 0.4) is 0 Å². The van der Waals surface area contributed by atoms with Gasteiger partial charge in [0, 0.05) is 29.9 Å². The Balaban J connectivity index is 0.000000186. The Morgan fingerprint density at radius 2 is 1.81 bits per heavy atom. The summed E-state index contributed by atoms with van der Waals surface area (Å²) in [6, 6.07) is 7.25. The lowest BCUT2D eigenvalue weighted by Crippen LogP contribution is -2.31. The van der Waals surface area contributed by atoms with E-state index in [2.05, 4.69) is 24.8 Å². The Hall–Kier alpha value is -4.20. The molecule has 0 unspecified atom stereocenters. The molecule has 1 aliphatic rings. The first-order valence-electron chi connectivity index (χ1n) is 13.6. The van der Waals surface area contributed by atoms with Crippen molar-refractivity contribution in [2.75, 3.05) is 17.6 Å². The van der Waals surface area contributed by atoms with Crippen LogP contribution < -0.4 is 14.4 Å². The first-order valence-corrected chi connectivity index (χ1v) is 17.2. The van der Waals surface area contributed by atoms with Crippen LogP contribution in [0.4, 0.5) is 24.5 Å². The fourth-order valence-electron chi connectivity index (χ4n) is 4.17. The van der Waals surface area contributed by atoms with Crippen LogP contribution in [0.1, 0.15) is 18.5 Å². The van der Waals surface area contributed by atoms with E-state index in [0.29, 0.717) is 28.5 Å². The maximum absolute atomic E-state index is 14.3. The van der Waals surface area contributed by atoms with Gasteiger partial charge in [-0.3, -0.25) is 19.0 Å². The second-order valence-electron chi connectivity index (χ2n) is 9.72. The van der Waals surface area contributed by atoms with Gasteiger partial charge in [0.1, 0.15) is 28.8 Å². The zero-order valence-electron chi connectivity index (χ0n) is 24.5. The molecule has 13 nitrogen and oxygen atoms in total. The largest absolute Gasteiger partial charge is 0.468 e. The molecule has 0 radical (unpaired) electrons. The van der Waals surface area contributed by atoms with Gasteiger partial charge in [-0.25, -0.2) is 32.3 Å². The molecule has 47 heavy (non-hydrogen) atoms. The number of fused-ring (bicyclic) bond motifs is 2. The highest BCUT2D eigenvalue weighted by Crippen LogP contribution is 2.33. The Morgan fingerprint density at radius 3 is 2.51 bits per heavy atom. The van der Waals surface area contributed by atoms with E-state index < -0.39 is 44.3 Å². The highest BCUT2D eigenvalue weighted by Gasteiger charge is 2.24. The van der Waals surface area contributed by atoms with E-state index in [1.807, 2.05) is 0 Å². The number of rotatable bonds is 7. The molecule has 0 saturated heterocycles. The smallest absolute Gasteiger partial charge is 0.325 e. The molecule has 0 spiro atoms. The monoisotopic (exact) mass is 728 g/mol. The Bertz CT molecular complexity index is 2200. The average Bonchev–Trinajstić information content (AvgIpc) is 3.61. The van der Waals surface area contributed by atoms with E-state index in [-0.39, 0.29) is 27.1 Å². The molecule has 0 atom stereocenters. The summed E-state index contributed by atoms with van der Waals surface area (Å²) in [6.07, 6.45) is 3.37. The lowest BCUT2D eigenvalue weighted by molar-refractivity contribution is -0.137. The van der Waals surface area contributed by atoms with Crippen LogP contribution in [-0.2, 0) is 32.6 Å². The van der Waals surface area contributed by atoms with Crippen molar-refractivity contribution in [3.05, 3.63) is 85.2 Å². The summed E-state index contributed by atoms with van der Waals surface area (Å²) in [7, 11) is -3.05. The molecule has 0 saturated carbocycles. The lowest BCUT2D eigenvalue weighted by atomic mass is 10.3. The zero-order valence-corrected chi connectivity index (χ0v) is 27.7. The second kappa shape index (κ2) is 14.3. The van der Waals surface area contributed by atoms with Gasteiger partial charge < -0.3 is 4.74 Å². The summed E-state index contributed by atoms with van der Waals surface area (Å²) in [5.74, 6) is -2.94. The summed E-state index contributed by atoms with van der Waals surface area (Å²) in [5, 5.41) is 3.30. The average molecular weight is 729 g/mol. The number of nitrogens with one attached hydrogen (secondary N) is 1. The highest BCUT2D eigenvalue weighted by molar-refractivity contribution is 8.00. The number of esters is 1. The molecule has 0 aliphatic carbocycles. The molecule has 0 amide bonds. The standard InChI is InChI=1S/C15H15ClFN3O3S2.C12H9F2N5O2S/c1-23-13(21)8-24-12-7-11(10(17)6-9(12)16)18-14-19-4-2-3-5-20(19)15(22)25-14;1-7-5-6-19-11(15-7)16-12(17-19)22(20,21)18-10-8(13)3-2-4-9(10)14/h6-7H,2-5,8H2,1H3;2-6,18H,1H3. The van der Waals surface area contributed by atoms with E-state index in [1.54, 1.807) is 27.1 Å². The van der Waals surface area contributed by atoms with Crippen molar-refractivity contribution in [2.45, 2.75) is 42.9 Å². The summed E-state index contributed by atoms with van der Waals surface area (Å²) < 4.78 is 76.6. The van der Waals surface area contributed by atoms with Crippen molar-refractivity contribution in [1.29, 1.82) is 0 Å². The van der Waals surface area contributed by atoms with Crippen molar-refractivity contribution < 1.29 is 31.1 Å². The van der Waals surface area contributed by atoms with Gasteiger partial charge in [0.05, 0.1) is 17.9 Å². The van der Waals surface area contributed by atoms with Gasteiger partial charge in [0.2, 0.25) is 4.80 Å². The predicted octanol–water partition coefficient (Wildman–Crippen LogP) is 4.31. The number of carbonyl (C=O) groups excluding carboxylic acids is 1. The van der Waals surface area contributed by atoms with E-state index >= 15 is 0 Å². The molecule has 3 aromatic heterocycles. The summed E-state index contributed by atoms with van der Waals surface area (Å²) in [5.41, 5.74) is -0.0815. The maximum atomic E-state index is 14.3. The molecule has 248 valence electrons. The minimum atomic E-state index is -4.35. The molecule has 2 aromatic carbocycles. The number of nitrogens with zero attached hydrogens (tertiary/aromatic N) is 7. The van der Waals surface area contributed by atoms with Gasteiger partial charge >= 0.3 is 10.8 Å². The Morgan fingerprint density at radius 1 is 1.11 bits per heavy atom. The number of sulfonamides is 1. The molecule has 1 N–H and O–H groups in total. The van der Waals surface area contributed by atoms with Crippen LogP contribution in [0.15, 0.2) is 62.4 Å². The number of ether oxygens (including phenoxy) is 1.